The van der Waals surface area contributed by atoms with Gasteiger partial charge >= 0.3 is 5.97 Å². The zero-order valence-corrected chi connectivity index (χ0v) is 9.93. The van der Waals surface area contributed by atoms with Crippen LogP contribution in [0.2, 0.25) is 0 Å². The van der Waals surface area contributed by atoms with Crippen LogP contribution in [0.5, 0.6) is 0 Å². The van der Waals surface area contributed by atoms with Crippen LogP contribution in [0.15, 0.2) is 6.20 Å². The number of carboxylic acids is 1. The lowest BCUT2D eigenvalue weighted by molar-refractivity contribution is 0.0676. The number of carbonyl (C=O) groups is 1. The van der Waals surface area contributed by atoms with Crippen molar-refractivity contribution in [2.24, 2.45) is 5.92 Å². The molecule has 90 valence electrons. The fourth-order valence-electron chi connectivity index (χ4n) is 1.40. The number of carboxylic acid groups (broad SMARTS) is 1. The minimum absolute atomic E-state index is 0.214. The summed E-state index contributed by atoms with van der Waals surface area (Å²) in [6, 6.07) is 0. The number of rotatable bonds is 6. The Morgan fingerprint density at radius 1 is 1.62 bits per heavy atom. The lowest BCUT2D eigenvalue weighted by Gasteiger charge is -2.09. The molecule has 0 spiro atoms. The van der Waals surface area contributed by atoms with Gasteiger partial charge in [0.1, 0.15) is 11.5 Å². The van der Waals surface area contributed by atoms with Gasteiger partial charge in [-0.2, -0.15) is 0 Å². The van der Waals surface area contributed by atoms with E-state index in [2.05, 4.69) is 18.8 Å². The molecule has 0 aliphatic rings. The van der Waals surface area contributed by atoms with Crippen molar-refractivity contribution in [3.05, 3.63) is 17.7 Å². The van der Waals surface area contributed by atoms with Crippen molar-refractivity contribution in [3.8, 4) is 0 Å². The second kappa shape index (κ2) is 5.65. The number of aromatic carboxylic acids is 1. The first kappa shape index (κ1) is 12.7. The first-order valence-corrected chi connectivity index (χ1v) is 5.35. The summed E-state index contributed by atoms with van der Waals surface area (Å²) in [5.74, 6) is 0.234. The number of hydrogen-bond acceptors (Lipinski definition) is 3. The van der Waals surface area contributed by atoms with Gasteiger partial charge in [-0.05, 0) is 12.8 Å². The molecule has 0 saturated heterocycles. The quantitative estimate of drug-likeness (QED) is 0.748. The SMILES string of the molecule is Cc1ncc(C(=O)O)n1CCOCC(C)C. The summed E-state index contributed by atoms with van der Waals surface area (Å²) in [6.45, 7) is 7.66. The Bertz CT molecular complexity index is 358. The number of imidazole rings is 1. The third-order valence-electron chi connectivity index (χ3n) is 2.18. The van der Waals surface area contributed by atoms with Crippen LogP contribution in [0, 0.1) is 12.8 Å². The molecule has 1 heterocycles. The summed E-state index contributed by atoms with van der Waals surface area (Å²) in [7, 11) is 0. The van der Waals surface area contributed by atoms with E-state index in [4.69, 9.17) is 9.84 Å². The maximum Gasteiger partial charge on any atom is 0.354 e. The first-order chi connectivity index (χ1) is 7.52. The number of hydrogen-bond donors (Lipinski definition) is 1. The predicted octanol–water partition coefficient (Wildman–Crippen LogP) is 1.56. The molecule has 0 atom stereocenters. The maximum atomic E-state index is 10.9. The fraction of sp³-hybridized carbons (Fsp3) is 0.636. The predicted molar refractivity (Wildman–Crippen MR) is 59.6 cm³/mol. The molecule has 0 unspecified atom stereocenters. The Morgan fingerprint density at radius 2 is 2.31 bits per heavy atom. The van der Waals surface area contributed by atoms with Gasteiger partial charge in [-0.3, -0.25) is 0 Å². The summed E-state index contributed by atoms with van der Waals surface area (Å²) in [5, 5.41) is 8.92. The standard InChI is InChI=1S/C11H18N2O3/c1-8(2)7-16-5-4-13-9(3)12-6-10(13)11(14)15/h6,8H,4-5,7H2,1-3H3,(H,14,15). The zero-order valence-electron chi connectivity index (χ0n) is 9.93. The van der Waals surface area contributed by atoms with Crippen LogP contribution < -0.4 is 0 Å². The molecular formula is C11H18N2O3. The average molecular weight is 226 g/mol. The third-order valence-corrected chi connectivity index (χ3v) is 2.18. The monoisotopic (exact) mass is 226 g/mol. The van der Waals surface area contributed by atoms with Crippen LogP contribution in [0.4, 0.5) is 0 Å². The van der Waals surface area contributed by atoms with Gasteiger partial charge in [0, 0.05) is 13.2 Å². The summed E-state index contributed by atoms with van der Waals surface area (Å²) < 4.78 is 7.07. The van der Waals surface area contributed by atoms with Crippen LogP contribution in [-0.4, -0.2) is 33.8 Å². The Balaban J connectivity index is 2.52. The second-order valence-corrected chi connectivity index (χ2v) is 4.12. The highest BCUT2D eigenvalue weighted by Crippen LogP contribution is 2.05. The van der Waals surface area contributed by atoms with E-state index in [-0.39, 0.29) is 5.69 Å². The van der Waals surface area contributed by atoms with Crippen LogP contribution in [0.25, 0.3) is 0 Å². The molecule has 1 rings (SSSR count). The van der Waals surface area contributed by atoms with Crippen LogP contribution >= 0.6 is 0 Å². The van der Waals surface area contributed by atoms with E-state index in [1.165, 1.54) is 6.20 Å². The normalized spacial score (nSPS) is 11.0. The topological polar surface area (TPSA) is 64.3 Å². The van der Waals surface area contributed by atoms with E-state index in [0.29, 0.717) is 31.5 Å². The molecule has 1 aromatic heterocycles. The Labute approximate surface area is 95.1 Å². The van der Waals surface area contributed by atoms with Gasteiger partial charge in [0.25, 0.3) is 0 Å². The Morgan fingerprint density at radius 3 is 2.88 bits per heavy atom. The van der Waals surface area contributed by atoms with Crippen molar-refractivity contribution < 1.29 is 14.6 Å². The number of aryl methyl sites for hydroxylation is 1. The Kier molecular flexibility index (Phi) is 4.49. The molecule has 1 N–H and O–H groups in total. The van der Waals surface area contributed by atoms with Crippen molar-refractivity contribution in [1.82, 2.24) is 9.55 Å². The van der Waals surface area contributed by atoms with E-state index in [1.54, 1.807) is 11.5 Å². The highest BCUT2D eigenvalue weighted by Gasteiger charge is 2.12. The highest BCUT2D eigenvalue weighted by molar-refractivity contribution is 5.85. The average Bonchev–Trinajstić information content (AvgIpc) is 2.54. The molecule has 0 aliphatic carbocycles. The van der Waals surface area contributed by atoms with Gasteiger partial charge in [0.15, 0.2) is 0 Å². The van der Waals surface area contributed by atoms with Gasteiger partial charge < -0.3 is 14.4 Å². The largest absolute Gasteiger partial charge is 0.477 e. The van der Waals surface area contributed by atoms with E-state index < -0.39 is 5.97 Å². The van der Waals surface area contributed by atoms with E-state index >= 15 is 0 Å². The van der Waals surface area contributed by atoms with Crippen molar-refractivity contribution in [2.45, 2.75) is 27.3 Å². The van der Waals surface area contributed by atoms with Crippen LogP contribution in [0.3, 0.4) is 0 Å². The van der Waals surface area contributed by atoms with Gasteiger partial charge in [-0.15, -0.1) is 0 Å². The van der Waals surface area contributed by atoms with Crippen molar-refractivity contribution in [2.75, 3.05) is 13.2 Å². The van der Waals surface area contributed by atoms with Gasteiger partial charge in [0.2, 0.25) is 0 Å². The lowest BCUT2D eigenvalue weighted by atomic mass is 10.2. The van der Waals surface area contributed by atoms with Crippen LogP contribution in [-0.2, 0) is 11.3 Å². The third kappa shape index (κ3) is 3.34. The molecule has 1 aromatic rings. The van der Waals surface area contributed by atoms with E-state index in [0.717, 1.165) is 0 Å². The summed E-state index contributed by atoms with van der Waals surface area (Å²) in [6.07, 6.45) is 1.38. The number of aromatic nitrogens is 2. The van der Waals surface area contributed by atoms with Gasteiger partial charge in [-0.1, -0.05) is 13.8 Å². The molecule has 5 nitrogen and oxygen atoms in total. The minimum Gasteiger partial charge on any atom is -0.477 e. The maximum absolute atomic E-state index is 10.9. The molecule has 0 radical (unpaired) electrons. The lowest BCUT2D eigenvalue weighted by Crippen LogP contribution is -2.15. The first-order valence-electron chi connectivity index (χ1n) is 5.35. The molecule has 0 aromatic carbocycles. The van der Waals surface area contributed by atoms with Crippen molar-refractivity contribution >= 4 is 5.97 Å². The molecule has 16 heavy (non-hydrogen) atoms. The molecule has 0 aliphatic heterocycles. The minimum atomic E-state index is -0.954. The van der Waals surface area contributed by atoms with E-state index in [1.807, 2.05) is 0 Å². The number of nitrogens with zero attached hydrogens (tertiary/aromatic N) is 2. The van der Waals surface area contributed by atoms with E-state index in [9.17, 15) is 4.79 Å². The molecule has 0 saturated carbocycles. The van der Waals surface area contributed by atoms with Gasteiger partial charge in [-0.25, -0.2) is 9.78 Å². The summed E-state index contributed by atoms with van der Waals surface area (Å²) in [5.41, 5.74) is 0.214. The molecule has 0 fully saturated rings. The molecule has 0 amide bonds. The Hall–Kier alpha value is -1.36. The number of ether oxygens (including phenoxy) is 1. The van der Waals surface area contributed by atoms with Crippen molar-refractivity contribution in [3.63, 3.8) is 0 Å². The van der Waals surface area contributed by atoms with Crippen molar-refractivity contribution in [1.29, 1.82) is 0 Å². The van der Waals surface area contributed by atoms with Crippen LogP contribution in [0.1, 0.15) is 30.2 Å². The smallest absolute Gasteiger partial charge is 0.354 e. The second-order valence-electron chi connectivity index (χ2n) is 4.12. The molecular weight excluding hydrogens is 208 g/mol. The molecule has 5 heteroatoms. The highest BCUT2D eigenvalue weighted by atomic mass is 16.5. The van der Waals surface area contributed by atoms with Gasteiger partial charge in [0.05, 0.1) is 12.8 Å². The summed E-state index contributed by atoms with van der Waals surface area (Å²) >= 11 is 0. The fourth-order valence-corrected chi connectivity index (χ4v) is 1.40. The zero-order chi connectivity index (χ0) is 12.1. The molecule has 0 bridgehead atoms. The summed E-state index contributed by atoms with van der Waals surface area (Å²) in [4.78, 5) is 14.9.